The molecule has 110 valence electrons. The third-order valence-electron chi connectivity index (χ3n) is 4.37. The normalized spacial score (nSPS) is 17.7. The number of phenolic OH excluding ortho intramolecular Hbond substituents is 1. The van der Waals surface area contributed by atoms with Crippen LogP contribution < -0.4 is 4.90 Å². The van der Waals surface area contributed by atoms with Gasteiger partial charge in [0.05, 0.1) is 5.69 Å². The van der Waals surface area contributed by atoms with Crippen LogP contribution in [0.15, 0.2) is 54.6 Å². The Balaban J connectivity index is 1.64. The van der Waals surface area contributed by atoms with E-state index in [9.17, 15) is 5.11 Å². The average Bonchev–Trinajstić information content (AvgIpc) is 2.56. The van der Waals surface area contributed by atoms with Crippen molar-refractivity contribution in [2.75, 3.05) is 31.1 Å². The van der Waals surface area contributed by atoms with Gasteiger partial charge in [-0.05, 0) is 24.6 Å². The third-order valence-corrected chi connectivity index (χ3v) is 4.37. The first-order valence-electron chi connectivity index (χ1n) is 7.57. The van der Waals surface area contributed by atoms with Crippen molar-refractivity contribution in [2.24, 2.45) is 0 Å². The van der Waals surface area contributed by atoms with Crippen molar-refractivity contribution in [3.63, 3.8) is 0 Å². The van der Waals surface area contributed by atoms with E-state index in [4.69, 9.17) is 0 Å². The Labute approximate surface area is 126 Å². The molecule has 0 aromatic heterocycles. The Bertz CT molecular complexity index is 577. The highest BCUT2D eigenvalue weighted by molar-refractivity contribution is 5.57. The molecule has 3 rings (SSSR count). The molecule has 21 heavy (non-hydrogen) atoms. The maximum absolute atomic E-state index is 9.96. The Morgan fingerprint density at radius 2 is 1.48 bits per heavy atom. The number of nitrogens with zero attached hydrogens (tertiary/aromatic N) is 2. The van der Waals surface area contributed by atoms with E-state index < -0.39 is 0 Å². The summed E-state index contributed by atoms with van der Waals surface area (Å²) in [6.45, 7) is 6.21. The number of piperazine rings is 1. The van der Waals surface area contributed by atoms with Crippen LogP contribution in [0.5, 0.6) is 5.75 Å². The molecule has 2 aromatic carbocycles. The molecule has 0 radical (unpaired) electrons. The summed E-state index contributed by atoms with van der Waals surface area (Å²) in [4.78, 5) is 4.77. The van der Waals surface area contributed by atoms with Crippen molar-refractivity contribution in [2.45, 2.75) is 13.0 Å². The van der Waals surface area contributed by atoms with Gasteiger partial charge in [-0.25, -0.2) is 0 Å². The van der Waals surface area contributed by atoms with Gasteiger partial charge in [0.15, 0.2) is 0 Å². The molecule has 1 saturated heterocycles. The minimum atomic E-state index is 0.377. The lowest BCUT2D eigenvalue weighted by molar-refractivity contribution is 0.198. The molecule has 0 unspecified atom stereocenters. The van der Waals surface area contributed by atoms with Crippen molar-refractivity contribution in [1.29, 1.82) is 0 Å². The van der Waals surface area contributed by atoms with E-state index >= 15 is 0 Å². The maximum atomic E-state index is 9.96. The number of para-hydroxylation sites is 2. The van der Waals surface area contributed by atoms with Crippen LogP contribution in [-0.2, 0) is 0 Å². The van der Waals surface area contributed by atoms with Crippen molar-refractivity contribution in [3.8, 4) is 5.75 Å². The summed E-state index contributed by atoms with van der Waals surface area (Å²) in [5, 5.41) is 9.96. The highest BCUT2D eigenvalue weighted by Crippen LogP contribution is 2.29. The predicted molar refractivity (Wildman–Crippen MR) is 86.7 cm³/mol. The molecular formula is C18H22N2O. The summed E-state index contributed by atoms with van der Waals surface area (Å²) >= 11 is 0. The predicted octanol–water partition coefficient (Wildman–Crippen LogP) is 3.28. The van der Waals surface area contributed by atoms with Crippen LogP contribution >= 0.6 is 0 Å². The van der Waals surface area contributed by atoms with Gasteiger partial charge in [0.25, 0.3) is 0 Å². The fourth-order valence-corrected chi connectivity index (χ4v) is 3.02. The number of benzene rings is 2. The van der Waals surface area contributed by atoms with Gasteiger partial charge in [-0.15, -0.1) is 0 Å². The van der Waals surface area contributed by atoms with Gasteiger partial charge in [0.2, 0.25) is 0 Å². The zero-order valence-electron chi connectivity index (χ0n) is 12.4. The van der Waals surface area contributed by atoms with Gasteiger partial charge in [0, 0.05) is 32.2 Å². The van der Waals surface area contributed by atoms with Crippen LogP contribution in [-0.4, -0.2) is 36.2 Å². The van der Waals surface area contributed by atoms with Crippen LogP contribution in [0.1, 0.15) is 18.5 Å². The van der Waals surface area contributed by atoms with Gasteiger partial charge < -0.3 is 10.0 Å². The topological polar surface area (TPSA) is 26.7 Å². The first-order chi connectivity index (χ1) is 10.3. The van der Waals surface area contributed by atoms with E-state index in [0.29, 0.717) is 11.8 Å². The van der Waals surface area contributed by atoms with E-state index in [0.717, 1.165) is 31.9 Å². The number of aromatic hydroxyl groups is 1. The molecule has 1 heterocycles. The molecule has 1 atom stereocenters. The Morgan fingerprint density at radius 1 is 0.857 bits per heavy atom. The van der Waals surface area contributed by atoms with E-state index in [1.807, 2.05) is 18.2 Å². The monoisotopic (exact) mass is 282 g/mol. The second kappa shape index (κ2) is 6.19. The van der Waals surface area contributed by atoms with Crippen molar-refractivity contribution >= 4 is 5.69 Å². The molecular weight excluding hydrogens is 260 g/mol. The van der Waals surface area contributed by atoms with Crippen LogP contribution in [0.25, 0.3) is 0 Å². The molecule has 3 heteroatoms. The molecule has 1 fully saturated rings. The Kier molecular flexibility index (Phi) is 4.11. The number of phenols is 1. The Morgan fingerprint density at radius 3 is 2.14 bits per heavy atom. The SMILES string of the molecule is C[C@H](c1ccccc1)N1CCN(c2ccccc2O)CC1. The molecule has 1 aliphatic rings. The maximum Gasteiger partial charge on any atom is 0.138 e. The van der Waals surface area contributed by atoms with Crippen molar-refractivity contribution < 1.29 is 5.11 Å². The fraction of sp³-hybridized carbons (Fsp3) is 0.333. The number of rotatable bonds is 3. The lowest BCUT2D eigenvalue weighted by atomic mass is 10.1. The molecule has 0 aliphatic carbocycles. The molecule has 0 saturated carbocycles. The second-order valence-corrected chi connectivity index (χ2v) is 5.60. The summed E-state index contributed by atoms with van der Waals surface area (Å²) < 4.78 is 0. The standard InChI is InChI=1S/C18H22N2O/c1-15(16-7-3-2-4-8-16)19-11-13-20(14-12-19)17-9-5-6-10-18(17)21/h2-10,15,21H,11-14H2,1H3/t15-/m1/s1. The first kappa shape index (κ1) is 14.0. The van der Waals surface area contributed by atoms with E-state index in [2.05, 4.69) is 47.1 Å². The van der Waals surface area contributed by atoms with E-state index in [1.54, 1.807) is 6.07 Å². The summed E-state index contributed by atoms with van der Waals surface area (Å²) in [7, 11) is 0. The molecule has 1 N–H and O–H groups in total. The summed E-state index contributed by atoms with van der Waals surface area (Å²) in [6, 6.07) is 18.7. The van der Waals surface area contributed by atoms with Crippen molar-refractivity contribution in [1.82, 2.24) is 4.90 Å². The highest BCUT2D eigenvalue weighted by Gasteiger charge is 2.23. The van der Waals surface area contributed by atoms with Gasteiger partial charge in [0.1, 0.15) is 5.75 Å². The minimum absolute atomic E-state index is 0.377. The average molecular weight is 282 g/mol. The molecule has 0 amide bonds. The van der Waals surface area contributed by atoms with Crippen molar-refractivity contribution in [3.05, 3.63) is 60.2 Å². The summed E-state index contributed by atoms with van der Waals surface area (Å²) in [5.74, 6) is 0.377. The molecule has 0 bridgehead atoms. The molecule has 3 nitrogen and oxygen atoms in total. The van der Waals surface area contributed by atoms with Crippen LogP contribution in [0.3, 0.4) is 0 Å². The van der Waals surface area contributed by atoms with Gasteiger partial charge in [-0.3, -0.25) is 4.90 Å². The smallest absolute Gasteiger partial charge is 0.138 e. The lowest BCUT2D eigenvalue weighted by Crippen LogP contribution is -2.47. The molecule has 1 aliphatic heterocycles. The first-order valence-corrected chi connectivity index (χ1v) is 7.57. The zero-order chi connectivity index (χ0) is 14.7. The Hall–Kier alpha value is -2.00. The van der Waals surface area contributed by atoms with Gasteiger partial charge in [-0.1, -0.05) is 42.5 Å². The molecule has 2 aromatic rings. The fourth-order valence-electron chi connectivity index (χ4n) is 3.02. The number of anilines is 1. The van der Waals surface area contributed by atoms with Crippen LogP contribution in [0.2, 0.25) is 0 Å². The largest absolute Gasteiger partial charge is 0.506 e. The molecule has 0 spiro atoms. The minimum Gasteiger partial charge on any atom is -0.506 e. The van der Waals surface area contributed by atoms with Crippen LogP contribution in [0.4, 0.5) is 5.69 Å². The van der Waals surface area contributed by atoms with Crippen LogP contribution in [0, 0.1) is 0 Å². The number of hydrogen-bond acceptors (Lipinski definition) is 3. The van der Waals surface area contributed by atoms with Gasteiger partial charge >= 0.3 is 0 Å². The van der Waals surface area contributed by atoms with Gasteiger partial charge in [-0.2, -0.15) is 0 Å². The third kappa shape index (κ3) is 3.03. The highest BCUT2D eigenvalue weighted by atomic mass is 16.3. The van der Waals surface area contributed by atoms with E-state index in [1.165, 1.54) is 5.56 Å². The zero-order valence-corrected chi connectivity index (χ0v) is 12.4. The second-order valence-electron chi connectivity index (χ2n) is 5.60. The summed E-state index contributed by atoms with van der Waals surface area (Å²) in [5.41, 5.74) is 2.32. The van der Waals surface area contributed by atoms with E-state index in [-0.39, 0.29) is 0 Å². The number of hydrogen-bond donors (Lipinski definition) is 1. The summed E-state index contributed by atoms with van der Waals surface area (Å²) in [6.07, 6.45) is 0. The lowest BCUT2D eigenvalue weighted by Gasteiger charge is -2.39. The quantitative estimate of drug-likeness (QED) is 0.936.